The van der Waals surface area contributed by atoms with E-state index in [-0.39, 0.29) is 29.4 Å². The number of halogens is 2. The third-order valence-electron chi connectivity index (χ3n) is 3.73. The van der Waals surface area contributed by atoms with Crippen molar-refractivity contribution < 1.29 is 23.9 Å². The van der Waals surface area contributed by atoms with Crippen molar-refractivity contribution in [3.63, 3.8) is 0 Å². The summed E-state index contributed by atoms with van der Waals surface area (Å²) in [5.41, 5.74) is -0.677. The Labute approximate surface area is 154 Å². The minimum absolute atomic E-state index is 0.0351. The molecule has 10 heteroatoms. The first-order chi connectivity index (χ1) is 11.8. The van der Waals surface area contributed by atoms with E-state index in [1.807, 2.05) is 0 Å². The van der Waals surface area contributed by atoms with Crippen LogP contribution in [0.15, 0.2) is 16.1 Å². The van der Waals surface area contributed by atoms with Gasteiger partial charge in [-0.3, -0.25) is 14.9 Å². The van der Waals surface area contributed by atoms with E-state index in [4.69, 9.17) is 37.4 Å². The Bertz CT molecular complexity index is 750. The second-order valence-electron chi connectivity index (χ2n) is 5.09. The molecular formula is C15H16Cl2N2O6. The fraction of sp³-hybridized carbons (Fsp3) is 0.400. The molecule has 1 aliphatic heterocycles. The monoisotopic (exact) mass is 390 g/mol. The van der Waals surface area contributed by atoms with Crippen LogP contribution in [0.2, 0.25) is 0 Å². The minimum atomic E-state index is -0.692. The highest BCUT2D eigenvalue weighted by molar-refractivity contribution is 6.39. The maximum absolute atomic E-state index is 12.9. The number of rotatable bonds is 5. The average molecular weight is 391 g/mol. The Kier molecular flexibility index (Phi) is 5.97. The maximum atomic E-state index is 12.9. The maximum Gasteiger partial charge on any atom is 0.327 e. The van der Waals surface area contributed by atoms with Crippen molar-refractivity contribution in [3.05, 3.63) is 31.8 Å². The quantitative estimate of drug-likeness (QED) is 0.566. The summed E-state index contributed by atoms with van der Waals surface area (Å²) in [6, 6.07) is 1.26. The van der Waals surface area contributed by atoms with Gasteiger partial charge in [-0.2, -0.15) is 0 Å². The van der Waals surface area contributed by atoms with Crippen LogP contribution in [0, 0.1) is 10.1 Å². The molecule has 0 N–H and O–H groups in total. The normalized spacial score (nSPS) is 14.4. The van der Waals surface area contributed by atoms with Gasteiger partial charge < -0.3 is 19.1 Å². The first-order valence-electron chi connectivity index (χ1n) is 7.15. The summed E-state index contributed by atoms with van der Waals surface area (Å²) >= 11 is 12.0. The number of nitro benzene ring substituents is 1. The fourth-order valence-electron chi connectivity index (χ4n) is 2.53. The predicted octanol–water partition coefficient (Wildman–Crippen LogP) is 3.16. The third-order valence-corrected chi connectivity index (χ3v) is 4.59. The predicted molar refractivity (Wildman–Crippen MR) is 92.0 cm³/mol. The molecule has 1 heterocycles. The average Bonchev–Trinajstić information content (AvgIpc) is 2.60. The van der Waals surface area contributed by atoms with E-state index in [0.29, 0.717) is 23.0 Å². The molecule has 0 atom stereocenters. The van der Waals surface area contributed by atoms with Crippen molar-refractivity contribution in [3.8, 4) is 17.2 Å². The topological polar surface area (TPSA) is 91.1 Å². The van der Waals surface area contributed by atoms with E-state index < -0.39 is 16.5 Å². The Morgan fingerprint density at radius 2 is 1.80 bits per heavy atom. The van der Waals surface area contributed by atoms with Gasteiger partial charge in [-0.1, -0.05) is 23.2 Å². The van der Waals surface area contributed by atoms with Crippen LogP contribution in [0.5, 0.6) is 17.2 Å². The molecule has 0 radical (unpaired) electrons. The van der Waals surface area contributed by atoms with Crippen LogP contribution in [0.1, 0.15) is 16.8 Å². The summed E-state index contributed by atoms with van der Waals surface area (Å²) in [5, 5.41) is 12.4. The first kappa shape index (κ1) is 19.1. The first-order valence-corrected chi connectivity index (χ1v) is 7.90. The van der Waals surface area contributed by atoms with E-state index >= 15 is 0 Å². The highest BCUT2D eigenvalue weighted by Gasteiger charge is 2.35. The van der Waals surface area contributed by atoms with E-state index in [1.54, 1.807) is 0 Å². The molecule has 0 aromatic heterocycles. The summed E-state index contributed by atoms with van der Waals surface area (Å²) in [4.78, 5) is 25.1. The molecular weight excluding hydrogens is 375 g/mol. The van der Waals surface area contributed by atoms with Gasteiger partial charge in [-0.15, -0.1) is 0 Å². The van der Waals surface area contributed by atoms with Gasteiger partial charge in [-0.05, 0) is 0 Å². The molecule has 0 spiro atoms. The highest BCUT2D eigenvalue weighted by atomic mass is 35.5. The Balaban J connectivity index is 2.60. The van der Waals surface area contributed by atoms with E-state index in [0.717, 1.165) is 0 Å². The third kappa shape index (κ3) is 3.59. The van der Waals surface area contributed by atoms with Crippen molar-refractivity contribution in [1.29, 1.82) is 0 Å². The molecule has 1 amide bonds. The number of hydrogen-bond acceptors (Lipinski definition) is 6. The summed E-state index contributed by atoms with van der Waals surface area (Å²) < 4.78 is 15.4. The molecule has 136 valence electrons. The smallest absolute Gasteiger partial charge is 0.327 e. The Morgan fingerprint density at radius 1 is 1.16 bits per heavy atom. The second-order valence-corrected chi connectivity index (χ2v) is 6.00. The van der Waals surface area contributed by atoms with Crippen molar-refractivity contribution >= 4 is 34.8 Å². The molecule has 1 aliphatic rings. The van der Waals surface area contributed by atoms with Crippen molar-refractivity contribution in [2.75, 3.05) is 34.4 Å². The molecule has 0 saturated heterocycles. The molecule has 8 nitrogen and oxygen atoms in total. The number of methoxy groups -OCH3 is 3. The molecule has 1 aromatic carbocycles. The zero-order chi connectivity index (χ0) is 18.7. The van der Waals surface area contributed by atoms with Gasteiger partial charge in [0.05, 0.1) is 37.8 Å². The zero-order valence-electron chi connectivity index (χ0n) is 13.8. The fourth-order valence-corrected chi connectivity index (χ4v) is 2.91. The van der Waals surface area contributed by atoms with Gasteiger partial charge in [0.2, 0.25) is 11.5 Å². The summed E-state index contributed by atoms with van der Waals surface area (Å²) in [5.74, 6) is -0.585. The highest BCUT2D eigenvalue weighted by Crippen LogP contribution is 2.46. The van der Waals surface area contributed by atoms with Crippen molar-refractivity contribution in [1.82, 2.24) is 4.90 Å². The van der Waals surface area contributed by atoms with Crippen LogP contribution in [0.25, 0.3) is 0 Å². The number of benzene rings is 1. The number of amides is 1. The lowest BCUT2D eigenvalue weighted by molar-refractivity contribution is -0.386. The zero-order valence-corrected chi connectivity index (χ0v) is 15.3. The lowest BCUT2D eigenvalue weighted by Crippen LogP contribution is -2.36. The molecule has 1 aromatic rings. The molecule has 0 unspecified atom stereocenters. The van der Waals surface area contributed by atoms with Crippen LogP contribution in [0.3, 0.4) is 0 Å². The van der Waals surface area contributed by atoms with Gasteiger partial charge in [0, 0.05) is 24.1 Å². The Morgan fingerprint density at radius 3 is 2.28 bits per heavy atom. The standard InChI is InChI=1S/C15H16Cl2N2O6/c1-23-11-6-8(12(19(21)22)14(25-3)13(11)24-2)15(20)18-5-4-9(16)10(17)7-18/h6H,4-5,7H2,1-3H3. The number of nitrogens with zero attached hydrogens (tertiary/aromatic N) is 2. The number of ether oxygens (including phenoxy) is 3. The van der Waals surface area contributed by atoms with E-state index in [9.17, 15) is 14.9 Å². The molecule has 2 rings (SSSR count). The molecule has 25 heavy (non-hydrogen) atoms. The summed E-state index contributed by atoms with van der Waals surface area (Å²) in [6.07, 6.45) is 0.379. The van der Waals surface area contributed by atoms with Gasteiger partial charge in [-0.25, -0.2) is 0 Å². The van der Waals surface area contributed by atoms with Crippen molar-refractivity contribution in [2.45, 2.75) is 6.42 Å². The van der Waals surface area contributed by atoms with Crippen LogP contribution in [0.4, 0.5) is 5.69 Å². The lowest BCUT2D eigenvalue weighted by atomic mass is 10.1. The van der Waals surface area contributed by atoms with Gasteiger partial charge in [0.1, 0.15) is 5.56 Å². The van der Waals surface area contributed by atoms with E-state index in [1.165, 1.54) is 32.3 Å². The van der Waals surface area contributed by atoms with Gasteiger partial charge in [0.25, 0.3) is 5.91 Å². The summed E-state index contributed by atoms with van der Waals surface area (Å²) in [6.45, 7) is 0.370. The lowest BCUT2D eigenvalue weighted by Gasteiger charge is -2.27. The number of hydrogen-bond donors (Lipinski definition) is 0. The number of carbonyl (C=O) groups excluding carboxylic acids is 1. The molecule has 0 fully saturated rings. The Hall–Kier alpha value is -2.19. The van der Waals surface area contributed by atoms with Crippen LogP contribution in [-0.2, 0) is 0 Å². The second kappa shape index (κ2) is 7.79. The number of carbonyl (C=O) groups is 1. The molecule has 0 aliphatic carbocycles. The van der Waals surface area contributed by atoms with Gasteiger partial charge in [0.15, 0.2) is 5.75 Å². The van der Waals surface area contributed by atoms with Crippen molar-refractivity contribution in [2.24, 2.45) is 0 Å². The molecule has 0 saturated carbocycles. The van der Waals surface area contributed by atoms with Crippen LogP contribution < -0.4 is 14.2 Å². The van der Waals surface area contributed by atoms with E-state index in [2.05, 4.69) is 0 Å². The minimum Gasteiger partial charge on any atom is -0.493 e. The SMILES string of the molecule is COc1cc(C(=O)N2CCC(Cl)=C(Cl)C2)c([N+](=O)[O-])c(OC)c1OC. The largest absolute Gasteiger partial charge is 0.493 e. The summed E-state index contributed by atoms with van der Waals surface area (Å²) in [7, 11) is 3.93. The van der Waals surface area contributed by atoms with Gasteiger partial charge >= 0.3 is 5.69 Å². The van der Waals surface area contributed by atoms with Crippen LogP contribution >= 0.6 is 23.2 Å². The molecule has 0 bridgehead atoms. The number of nitro groups is 1. The van der Waals surface area contributed by atoms with Crippen LogP contribution in [-0.4, -0.2) is 50.1 Å².